The minimum Gasteiger partial charge on any atom is -0.504 e. The Bertz CT molecular complexity index is 1200. The zero-order chi connectivity index (χ0) is 22.9. The monoisotopic (exact) mass is 433 g/mol. The number of amides is 2. The fourth-order valence-electron chi connectivity index (χ4n) is 5.78. The molecule has 1 N–H and O–H groups in total. The molecule has 4 aliphatic rings. The van der Waals surface area contributed by atoms with Gasteiger partial charge < -0.3 is 9.84 Å². The zero-order valence-electron chi connectivity index (χ0n) is 18.0. The van der Waals surface area contributed by atoms with Crippen LogP contribution in [0, 0.1) is 17.8 Å². The Kier molecular flexibility index (Phi) is 4.48. The molecule has 32 heavy (non-hydrogen) atoms. The van der Waals surface area contributed by atoms with E-state index in [1.54, 1.807) is 25.1 Å². The van der Waals surface area contributed by atoms with Crippen molar-refractivity contribution in [3.63, 3.8) is 0 Å². The van der Waals surface area contributed by atoms with Gasteiger partial charge in [0.15, 0.2) is 23.1 Å². The summed E-state index contributed by atoms with van der Waals surface area (Å²) in [7, 11) is 2.95. The summed E-state index contributed by atoms with van der Waals surface area (Å²) in [6, 6.07) is 4.93. The number of carbonyl (C=O) groups excluding carboxylic acids is 4. The molecule has 1 aromatic rings. The van der Waals surface area contributed by atoms with Gasteiger partial charge in [-0.15, -0.1) is 0 Å². The average Bonchev–Trinajstić information content (AvgIpc) is 3.00. The molecule has 0 aromatic heterocycles. The predicted octanol–water partition coefficient (Wildman–Crippen LogP) is 2.46. The van der Waals surface area contributed by atoms with E-state index in [0.717, 1.165) is 5.57 Å². The number of rotatable bonds is 2. The SMILES string of the molecule is COc1ccc(C2C3=CCC4C(=O)N(C)C(=O)C4C3CC3=C2C(=O)C(C)=CC3=O)cc1O. The van der Waals surface area contributed by atoms with Gasteiger partial charge in [-0.3, -0.25) is 24.1 Å². The highest BCUT2D eigenvalue weighted by Gasteiger charge is 2.55. The highest BCUT2D eigenvalue weighted by molar-refractivity contribution is 6.23. The molecule has 7 nitrogen and oxygen atoms in total. The van der Waals surface area contributed by atoms with E-state index in [1.165, 1.54) is 25.1 Å². The van der Waals surface area contributed by atoms with Crippen molar-refractivity contribution in [3.8, 4) is 11.5 Å². The molecule has 0 saturated carbocycles. The first kappa shape index (κ1) is 20.4. The van der Waals surface area contributed by atoms with Crippen LogP contribution in [0.1, 0.15) is 31.2 Å². The van der Waals surface area contributed by atoms with Crippen LogP contribution in [-0.2, 0) is 19.2 Å². The van der Waals surface area contributed by atoms with Gasteiger partial charge in [0.1, 0.15) is 0 Å². The van der Waals surface area contributed by atoms with Gasteiger partial charge >= 0.3 is 0 Å². The van der Waals surface area contributed by atoms with Crippen LogP contribution in [0.3, 0.4) is 0 Å². The van der Waals surface area contributed by atoms with Crippen molar-refractivity contribution in [1.82, 2.24) is 4.90 Å². The maximum Gasteiger partial charge on any atom is 0.233 e. The molecule has 0 spiro atoms. The Morgan fingerprint density at radius 3 is 2.53 bits per heavy atom. The Hall–Kier alpha value is -3.48. The lowest BCUT2D eigenvalue weighted by atomic mass is 9.59. The van der Waals surface area contributed by atoms with E-state index in [4.69, 9.17) is 4.74 Å². The number of hydrogen-bond acceptors (Lipinski definition) is 6. The van der Waals surface area contributed by atoms with Gasteiger partial charge in [0.2, 0.25) is 11.8 Å². The third-order valence-corrected chi connectivity index (χ3v) is 7.32. The number of aromatic hydroxyl groups is 1. The molecule has 1 heterocycles. The largest absolute Gasteiger partial charge is 0.504 e. The van der Waals surface area contributed by atoms with Crippen molar-refractivity contribution in [1.29, 1.82) is 0 Å². The topological polar surface area (TPSA) is 101 Å². The number of ether oxygens (including phenoxy) is 1. The fourth-order valence-corrected chi connectivity index (χ4v) is 5.78. The number of hydrogen-bond donors (Lipinski definition) is 1. The van der Waals surface area contributed by atoms with E-state index in [2.05, 4.69) is 0 Å². The second-order valence-electron chi connectivity index (χ2n) is 8.90. The molecule has 1 aliphatic heterocycles. The third kappa shape index (κ3) is 2.66. The van der Waals surface area contributed by atoms with Gasteiger partial charge in [0.05, 0.1) is 18.9 Å². The maximum absolute atomic E-state index is 13.2. The van der Waals surface area contributed by atoms with E-state index in [0.29, 0.717) is 34.5 Å². The van der Waals surface area contributed by atoms with Crippen molar-refractivity contribution >= 4 is 23.4 Å². The van der Waals surface area contributed by atoms with Crippen molar-refractivity contribution in [2.75, 3.05) is 14.2 Å². The molecule has 0 radical (unpaired) electrons. The normalized spacial score (nSPS) is 29.4. The number of Topliss-reactive ketones (excluding diaryl/α,β-unsaturated/α-hetero) is 1. The number of carbonyl (C=O) groups is 4. The summed E-state index contributed by atoms with van der Waals surface area (Å²) in [5, 5.41) is 10.4. The number of benzene rings is 1. The van der Waals surface area contributed by atoms with Gasteiger partial charge in [-0.05, 0) is 49.5 Å². The molecule has 4 unspecified atom stereocenters. The summed E-state index contributed by atoms with van der Waals surface area (Å²) in [5.41, 5.74) is 2.69. The van der Waals surface area contributed by atoms with Crippen LogP contribution in [-0.4, -0.2) is 47.5 Å². The second kappa shape index (κ2) is 7.02. The number of ketones is 2. The molecular weight excluding hydrogens is 410 g/mol. The molecule has 164 valence electrons. The van der Waals surface area contributed by atoms with Crippen molar-refractivity contribution in [3.05, 3.63) is 58.2 Å². The van der Waals surface area contributed by atoms with Crippen LogP contribution in [0.5, 0.6) is 11.5 Å². The molecular formula is C25H23NO6. The Morgan fingerprint density at radius 2 is 1.84 bits per heavy atom. The summed E-state index contributed by atoms with van der Waals surface area (Å²) >= 11 is 0. The predicted molar refractivity (Wildman–Crippen MR) is 114 cm³/mol. The minimum atomic E-state index is -0.574. The van der Waals surface area contributed by atoms with Crippen molar-refractivity contribution in [2.45, 2.75) is 25.7 Å². The van der Waals surface area contributed by atoms with Crippen molar-refractivity contribution < 1.29 is 29.0 Å². The zero-order valence-corrected chi connectivity index (χ0v) is 18.0. The van der Waals surface area contributed by atoms with Crippen LogP contribution in [0.4, 0.5) is 0 Å². The van der Waals surface area contributed by atoms with Crippen LogP contribution < -0.4 is 4.74 Å². The number of nitrogens with zero attached hydrogens (tertiary/aromatic N) is 1. The number of methoxy groups -OCH3 is 1. The summed E-state index contributed by atoms with van der Waals surface area (Å²) in [4.78, 5) is 53.0. The summed E-state index contributed by atoms with van der Waals surface area (Å²) in [6.45, 7) is 1.62. The number of phenolic OH excluding ortho intramolecular Hbond substituents is 1. The minimum absolute atomic E-state index is 0.0720. The fraction of sp³-hybridized carbons (Fsp3) is 0.360. The summed E-state index contributed by atoms with van der Waals surface area (Å²) in [5.74, 6) is -2.57. The molecule has 2 amide bonds. The Morgan fingerprint density at radius 1 is 1.09 bits per heavy atom. The van der Waals surface area contributed by atoms with Crippen molar-refractivity contribution in [2.24, 2.45) is 17.8 Å². The van der Waals surface area contributed by atoms with E-state index < -0.39 is 17.8 Å². The quantitative estimate of drug-likeness (QED) is 0.437. The third-order valence-electron chi connectivity index (χ3n) is 7.32. The first-order valence-corrected chi connectivity index (χ1v) is 10.6. The molecule has 1 fully saturated rings. The number of imide groups is 1. The molecule has 3 aliphatic carbocycles. The number of likely N-dealkylation sites (tertiary alicyclic amines) is 1. The summed E-state index contributed by atoms with van der Waals surface area (Å²) < 4.78 is 5.16. The van der Waals surface area contributed by atoms with Crippen LogP contribution in [0.2, 0.25) is 0 Å². The van der Waals surface area contributed by atoms with Crippen LogP contribution in [0.25, 0.3) is 0 Å². The van der Waals surface area contributed by atoms with Crippen LogP contribution in [0.15, 0.2) is 52.6 Å². The molecule has 5 rings (SSSR count). The highest BCUT2D eigenvalue weighted by Crippen LogP contribution is 2.55. The maximum atomic E-state index is 13.2. The Balaban J connectivity index is 1.71. The first-order valence-electron chi connectivity index (χ1n) is 10.6. The molecule has 4 atom stereocenters. The van der Waals surface area contributed by atoms with Crippen LogP contribution >= 0.6 is 0 Å². The number of allylic oxidation sites excluding steroid dienone is 6. The first-order chi connectivity index (χ1) is 15.2. The van der Waals surface area contributed by atoms with Gasteiger partial charge in [0, 0.05) is 29.7 Å². The second-order valence-corrected chi connectivity index (χ2v) is 8.90. The smallest absolute Gasteiger partial charge is 0.233 e. The lowest BCUT2D eigenvalue weighted by Gasteiger charge is -2.42. The molecule has 1 saturated heterocycles. The molecule has 0 bridgehead atoms. The number of phenols is 1. The van der Waals surface area contributed by atoms with Gasteiger partial charge in [-0.1, -0.05) is 17.7 Å². The van der Waals surface area contributed by atoms with Gasteiger partial charge in [-0.25, -0.2) is 0 Å². The standard InChI is InChI=1S/C25H23NO6/c1-11-8-17(27)16-10-15-13(5-6-14-21(15)25(31)26(2)24(14)30)20(22(16)23(11)29)12-4-7-19(32-3)18(28)9-12/h4-5,7-9,14-15,20-21,28H,6,10H2,1-3H3. The number of fused-ring (bicyclic) bond motifs is 3. The van der Waals surface area contributed by atoms with E-state index in [-0.39, 0.29) is 41.5 Å². The lowest BCUT2D eigenvalue weighted by Crippen LogP contribution is -2.39. The summed E-state index contributed by atoms with van der Waals surface area (Å²) in [6.07, 6.45) is 3.97. The molecule has 1 aromatic carbocycles. The Labute approximate surface area is 185 Å². The lowest BCUT2D eigenvalue weighted by molar-refractivity contribution is -0.138. The highest BCUT2D eigenvalue weighted by atomic mass is 16.5. The van der Waals surface area contributed by atoms with E-state index in [1.807, 2.05) is 6.08 Å². The van der Waals surface area contributed by atoms with Gasteiger partial charge in [-0.2, -0.15) is 0 Å². The molecule has 7 heteroatoms. The van der Waals surface area contributed by atoms with Gasteiger partial charge in [0.25, 0.3) is 0 Å². The van der Waals surface area contributed by atoms with E-state index >= 15 is 0 Å². The van der Waals surface area contributed by atoms with E-state index in [9.17, 15) is 24.3 Å². The average molecular weight is 433 g/mol.